The molecule has 2 bridgehead atoms. The summed E-state index contributed by atoms with van der Waals surface area (Å²) in [6, 6.07) is 18.3. The van der Waals surface area contributed by atoms with Crippen molar-refractivity contribution in [1.29, 1.82) is 0 Å². The summed E-state index contributed by atoms with van der Waals surface area (Å²) in [6.07, 6.45) is 6.05. The quantitative estimate of drug-likeness (QED) is 0.816. The average Bonchev–Trinajstić information content (AvgIpc) is 3.05. The van der Waals surface area contributed by atoms with E-state index in [4.69, 9.17) is 4.74 Å². The lowest BCUT2D eigenvalue weighted by atomic mass is 9.79. The molecule has 0 aromatic heterocycles. The molecule has 2 atom stereocenters. The number of hydrogen-bond acceptors (Lipinski definition) is 3. The summed E-state index contributed by atoms with van der Waals surface area (Å²) in [7, 11) is 2.27. The number of hydrogen-bond donors (Lipinski definition) is 1. The minimum absolute atomic E-state index is 0.121. The van der Waals surface area contributed by atoms with E-state index >= 15 is 0 Å². The molecule has 1 amide bonds. The maximum absolute atomic E-state index is 12.4. The molecule has 0 radical (unpaired) electrons. The van der Waals surface area contributed by atoms with Crippen LogP contribution < -0.4 is 5.32 Å². The van der Waals surface area contributed by atoms with Crippen molar-refractivity contribution in [2.75, 3.05) is 20.2 Å². The van der Waals surface area contributed by atoms with Gasteiger partial charge in [-0.25, -0.2) is 4.79 Å². The lowest BCUT2D eigenvalue weighted by Gasteiger charge is -2.47. The predicted octanol–water partition coefficient (Wildman–Crippen LogP) is 4.79. The maximum atomic E-state index is 12.4. The average molecular weight is 391 g/mol. The van der Waals surface area contributed by atoms with Gasteiger partial charge in [0.25, 0.3) is 0 Å². The van der Waals surface area contributed by atoms with Crippen LogP contribution >= 0.6 is 0 Å². The molecule has 1 N–H and O–H groups in total. The number of alkyl carbamates (subject to hydrolysis) is 1. The first kappa shape index (κ1) is 18.7. The van der Waals surface area contributed by atoms with Crippen LogP contribution in [0.15, 0.2) is 48.5 Å². The lowest BCUT2D eigenvalue weighted by molar-refractivity contribution is 0.0361. The highest BCUT2D eigenvalue weighted by atomic mass is 16.5. The van der Waals surface area contributed by atoms with Gasteiger partial charge in [0, 0.05) is 24.5 Å². The van der Waals surface area contributed by atoms with Gasteiger partial charge in [-0.2, -0.15) is 0 Å². The molecule has 2 unspecified atom stereocenters. The standard InChI is InChI=1S/C25H30N2O2/c1-27-18-7-6-8-19(27)14-17(13-18)15-26-25(28)29-16-24-22-11-4-2-9-20(22)21-10-3-5-12-23(21)24/h2-5,9-12,17-19,24H,6-8,13-16H2,1H3,(H,26,28). The SMILES string of the molecule is CN1C2CCCC1CC(CNC(=O)OCC1c3ccccc3-c3ccccc31)C2. The van der Waals surface area contributed by atoms with Crippen LogP contribution in [0.4, 0.5) is 4.79 Å². The summed E-state index contributed by atoms with van der Waals surface area (Å²) in [5.41, 5.74) is 5.03. The summed E-state index contributed by atoms with van der Waals surface area (Å²) in [4.78, 5) is 15.0. The molecule has 2 saturated heterocycles. The highest BCUT2D eigenvalue weighted by Gasteiger charge is 2.36. The predicted molar refractivity (Wildman–Crippen MR) is 115 cm³/mol. The van der Waals surface area contributed by atoms with Crippen molar-refractivity contribution in [3.63, 3.8) is 0 Å². The van der Waals surface area contributed by atoms with Gasteiger partial charge in [0.05, 0.1) is 0 Å². The second kappa shape index (κ2) is 7.83. The van der Waals surface area contributed by atoms with E-state index in [9.17, 15) is 4.79 Å². The Morgan fingerprint density at radius 2 is 1.59 bits per heavy atom. The van der Waals surface area contributed by atoms with Crippen LogP contribution in [-0.2, 0) is 4.74 Å². The van der Waals surface area contributed by atoms with Crippen LogP contribution in [0.1, 0.15) is 49.1 Å². The Labute approximate surface area is 173 Å². The van der Waals surface area contributed by atoms with E-state index in [0.717, 1.165) is 6.54 Å². The van der Waals surface area contributed by atoms with Crippen molar-refractivity contribution in [2.45, 2.75) is 50.1 Å². The molecule has 2 heterocycles. The van der Waals surface area contributed by atoms with Gasteiger partial charge in [-0.1, -0.05) is 55.0 Å². The van der Waals surface area contributed by atoms with E-state index in [-0.39, 0.29) is 12.0 Å². The molecule has 3 aliphatic rings. The van der Waals surface area contributed by atoms with E-state index in [1.807, 2.05) is 0 Å². The monoisotopic (exact) mass is 390 g/mol. The van der Waals surface area contributed by atoms with Crippen LogP contribution in [0.25, 0.3) is 11.1 Å². The number of rotatable bonds is 4. The van der Waals surface area contributed by atoms with Crippen molar-refractivity contribution in [2.24, 2.45) is 5.92 Å². The lowest BCUT2D eigenvalue weighted by Crippen LogP contribution is -2.51. The molecule has 152 valence electrons. The molecule has 5 rings (SSSR count). The number of benzene rings is 2. The third kappa shape index (κ3) is 3.55. The van der Waals surface area contributed by atoms with Crippen molar-refractivity contribution >= 4 is 6.09 Å². The van der Waals surface area contributed by atoms with Crippen molar-refractivity contribution in [1.82, 2.24) is 10.2 Å². The minimum atomic E-state index is -0.282. The highest BCUT2D eigenvalue weighted by molar-refractivity contribution is 5.79. The first-order chi connectivity index (χ1) is 14.2. The number of amides is 1. The van der Waals surface area contributed by atoms with Gasteiger partial charge < -0.3 is 15.0 Å². The molecule has 2 aromatic carbocycles. The number of carbonyl (C=O) groups is 1. The number of nitrogens with zero attached hydrogens (tertiary/aromatic N) is 1. The molecule has 2 aliphatic heterocycles. The van der Waals surface area contributed by atoms with E-state index in [2.05, 4.69) is 65.8 Å². The second-order valence-corrected chi connectivity index (χ2v) is 8.95. The summed E-state index contributed by atoms with van der Waals surface area (Å²) >= 11 is 0. The van der Waals surface area contributed by atoms with Crippen LogP contribution in [0.3, 0.4) is 0 Å². The zero-order valence-electron chi connectivity index (χ0n) is 17.1. The van der Waals surface area contributed by atoms with Crippen molar-refractivity contribution < 1.29 is 9.53 Å². The molecule has 1 aliphatic carbocycles. The Morgan fingerprint density at radius 1 is 1.00 bits per heavy atom. The summed E-state index contributed by atoms with van der Waals surface area (Å²) < 4.78 is 5.69. The Bertz CT molecular complexity index is 836. The zero-order chi connectivity index (χ0) is 19.8. The van der Waals surface area contributed by atoms with Crippen molar-refractivity contribution in [3.8, 4) is 11.1 Å². The van der Waals surface area contributed by atoms with Crippen LogP contribution in [0.2, 0.25) is 0 Å². The third-order valence-electron chi connectivity index (χ3n) is 7.32. The fourth-order valence-corrected chi connectivity index (χ4v) is 5.77. The summed E-state index contributed by atoms with van der Waals surface area (Å²) in [5, 5.41) is 3.05. The van der Waals surface area contributed by atoms with Gasteiger partial charge in [0.1, 0.15) is 6.61 Å². The minimum Gasteiger partial charge on any atom is -0.449 e. The topological polar surface area (TPSA) is 41.6 Å². The first-order valence-electron chi connectivity index (χ1n) is 11.0. The molecule has 2 fully saturated rings. The van der Waals surface area contributed by atoms with E-state index < -0.39 is 0 Å². The number of piperidine rings is 2. The zero-order valence-corrected chi connectivity index (χ0v) is 17.1. The number of nitrogens with one attached hydrogen (secondary N) is 1. The highest BCUT2D eigenvalue weighted by Crippen LogP contribution is 2.44. The van der Waals surface area contributed by atoms with Gasteiger partial charge in [0.15, 0.2) is 0 Å². The van der Waals surface area contributed by atoms with Crippen LogP contribution in [0.5, 0.6) is 0 Å². The molecule has 2 aromatic rings. The van der Waals surface area contributed by atoms with Gasteiger partial charge in [-0.05, 0) is 60.9 Å². The molecular weight excluding hydrogens is 360 g/mol. The van der Waals surface area contributed by atoms with Gasteiger partial charge in [-0.15, -0.1) is 0 Å². The Kier molecular flexibility index (Phi) is 5.04. The van der Waals surface area contributed by atoms with Crippen molar-refractivity contribution in [3.05, 3.63) is 59.7 Å². The Morgan fingerprint density at radius 3 is 2.21 bits per heavy atom. The van der Waals surface area contributed by atoms with E-state index in [1.165, 1.54) is 54.4 Å². The Hall–Kier alpha value is -2.33. The summed E-state index contributed by atoms with van der Waals surface area (Å²) in [6.45, 7) is 1.12. The van der Waals surface area contributed by atoms with Crippen LogP contribution in [-0.4, -0.2) is 43.3 Å². The van der Waals surface area contributed by atoms with Gasteiger partial charge in [-0.3, -0.25) is 0 Å². The molecule has 4 nitrogen and oxygen atoms in total. The maximum Gasteiger partial charge on any atom is 0.407 e. The van der Waals surface area contributed by atoms with Crippen LogP contribution in [0, 0.1) is 5.92 Å². The normalized spacial score (nSPS) is 25.9. The van der Waals surface area contributed by atoms with Gasteiger partial charge >= 0.3 is 6.09 Å². The molecule has 29 heavy (non-hydrogen) atoms. The number of ether oxygens (including phenoxy) is 1. The number of fused-ring (bicyclic) bond motifs is 5. The molecule has 0 saturated carbocycles. The third-order valence-corrected chi connectivity index (χ3v) is 7.32. The second-order valence-electron chi connectivity index (χ2n) is 8.95. The number of carbonyl (C=O) groups excluding carboxylic acids is 1. The molecule has 0 spiro atoms. The van der Waals surface area contributed by atoms with E-state index in [1.54, 1.807) is 0 Å². The smallest absolute Gasteiger partial charge is 0.407 e. The fraction of sp³-hybridized carbons (Fsp3) is 0.480. The summed E-state index contributed by atoms with van der Waals surface area (Å²) in [5.74, 6) is 0.692. The molecular formula is C25H30N2O2. The fourth-order valence-electron chi connectivity index (χ4n) is 5.77. The Balaban J connectivity index is 1.18. The van der Waals surface area contributed by atoms with E-state index in [0.29, 0.717) is 24.6 Å². The largest absolute Gasteiger partial charge is 0.449 e. The molecule has 4 heteroatoms. The van der Waals surface area contributed by atoms with Gasteiger partial charge in [0.2, 0.25) is 0 Å². The first-order valence-corrected chi connectivity index (χ1v) is 11.0.